The third-order valence-electron chi connectivity index (χ3n) is 4.18. The van der Waals surface area contributed by atoms with E-state index >= 15 is 0 Å². The molecule has 0 amide bonds. The Balaban J connectivity index is 1.77. The zero-order chi connectivity index (χ0) is 19.6. The SMILES string of the molecule is C[C@@H](Sc1nnnn1-c1cccc(F)c1)C(=O)c1ccc(C(C)(C)C)cc1. The zero-order valence-electron chi connectivity index (χ0n) is 15.7. The van der Waals surface area contributed by atoms with Crippen molar-refractivity contribution in [2.45, 2.75) is 43.5 Å². The highest BCUT2D eigenvalue weighted by Crippen LogP contribution is 2.27. The maximum atomic E-state index is 13.5. The molecule has 3 rings (SSSR count). The number of ketones is 1. The van der Waals surface area contributed by atoms with Crippen LogP contribution in [0.3, 0.4) is 0 Å². The van der Waals surface area contributed by atoms with E-state index in [0.717, 1.165) is 0 Å². The molecule has 0 saturated carbocycles. The summed E-state index contributed by atoms with van der Waals surface area (Å²) in [5.74, 6) is -0.378. The normalized spacial score (nSPS) is 12.8. The fraction of sp³-hybridized carbons (Fsp3) is 0.300. The summed E-state index contributed by atoms with van der Waals surface area (Å²) < 4.78 is 14.9. The van der Waals surface area contributed by atoms with Gasteiger partial charge in [0.2, 0.25) is 5.16 Å². The number of rotatable bonds is 5. The molecule has 0 fully saturated rings. The van der Waals surface area contributed by atoms with E-state index in [2.05, 4.69) is 36.3 Å². The first kappa shape index (κ1) is 19.2. The molecule has 7 heteroatoms. The van der Waals surface area contributed by atoms with Crippen LogP contribution in [-0.2, 0) is 5.41 Å². The molecule has 2 aromatic carbocycles. The van der Waals surface area contributed by atoms with Crippen LogP contribution in [0.1, 0.15) is 43.6 Å². The van der Waals surface area contributed by atoms with Crippen molar-refractivity contribution >= 4 is 17.5 Å². The van der Waals surface area contributed by atoms with Crippen LogP contribution in [0.25, 0.3) is 5.69 Å². The molecular formula is C20H21FN4OS. The number of tetrazole rings is 1. The second kappa shape index (κ2) is 7.60. The van der Waals surface area contributed by atoms with Gasteiger partial charge in [-0.3, -0.25) is 4.79 Å². The molecule has 27 heavy (non-hydrogen) atoms. The summed E-state index contributed by atoms with van der Waals surface area (Å²) in [5, 5.41) is 11.6. The molecule has 1 atom stereocenters. The first-order valence-electron chi connectivity index (χ1n) is 8.61. The van der Waals surface area contributed by atoms with Gasteiger partial charge in [-0.25, -0.2) is 4.39 Å². The van der Waals surface area contributed by atoms with Gasteiger partial charge in [0, 0.05) is 5.56 Å². The van der Waals surface area contributed by atoms with Gasteiger partial charge in [-0.15, -0.1) is 5.10 Å². The molecule has 0 unspecified atom stereocenters. The van der Waals surface area contributed by atoms with Crippen molar-refractivity contribution in [3.8, 4) is 5.69 Å². The van der Waals surface area contributed by atoms with Crippen LogP contribution in [0.15, 0.2) is 53.7 Å². The van der Waals surface area contributed by atoms with Gasteiger partial charge in [0.1, 0.15) is 5.82 Å². The highest BCUT2D eigenvalue weighted by atomic mass is 32.2. The van der Waals surface area contributed by atoms with Gasteiger partial charge >= 0.3 is 0 Å². The first-order valence-corrected chi connectivity index (χ1v) is 9.49. The summed E-state index contributed by atoms with van der Waals surface area (Å²) in [6, 6.07) is 13.7. The Bertz CT molecular complexity index is 947. The van der Waals surface area contributed by atoms with Gasteiger partial charge in [-0.05, 0) is 46.5 Å². The van der Waals surface area contributed by atoms with Crippen LogP contribution in [0, 0.1) is 5.82 Å². The third-order valence-corrected chi connectivity index (χ3v) is 5.21. The van der Waals surface area contributed by atoms with E-state index in [0.29, 0.717) is 16.4 Å². The molecule has 5 nitrogen and oxygen atoms in total. The average molecular weight is 384 g/mol. The Morgan fingerprint density at radius 2 is 1.85 bits per heavy atom. The summed E-state index contributed by atoms with van der Waals surface area (Å²) in [6.45, 7) is 8.22. The standard InChI is InChI=1S/C20H21FN4OS/c1-13(18(26)14-8-10-15(11-9-14)20(2,3)4)27-19-22-23-24-25(19)17-7-5-6-16(21)12-17/h5-13H,1-4H3/t13-/m1/s1. The largest absolute Gasteiger partial charge is 0.293 e. The second-order valence-electron chi connectivity index (χ2n) is 7.30. The molecule has 3 aromatic rings. The Kier molecular flexibility index (Phi) is 5.41. The molecule has 0 aliphatic heterocycles. The van der Waals surface area contributed by atoms with Gasteiger partial charge in [0.05, 0.1) is 10.9 Å². The maximum absolute atomic E-state index is 13.5. The molecule has 0 radical (unpaired) electrons. The van der Waals surface area contributed by atoms with Crippen molar-refractivity contribution in [3.05, 3.63) is 65.5 Å². The van der Waals surface area contributed by atoms with Crippen molar-refractivity contribution in [1.29, 1.82) is 0 Å². The Morgan fingerprint density at radius 3 is 2.48 bits per heavy atom. The molecule has 0 spiro atoms. The lowest BCUT2D eigenvalue weighted by Crippen LogP contribution is -2.16. The lowest BCUT2D eigenvalue weighted by Gasteiger charge is -2.19. The van der Waals surface area contributed by atoms with Gasteiger partial charge in [0.15, 0.2) is 5.78 Å². The van der Waals surface area contributed by atoms with E-state index in [1.54, 1.807) is 12.1 Å². The van der Waals surface area contributed by atoms with Crippen LogP contribution in [0.2, 0.25) is 0 Å². The Labute approximate surface area is 162 Å². The van der Waals surface area contributed by atoms with E-state index in [4.69, 9.17) is 0 Å². The molecule has 0 aliphatic carbocycles. The van der Waals surface area contributed by atoms with Gasteiger partial charge < -0.3 is 0 Å². The van der Waals surface area contributed by atoms with Crippen LogP contribution in [0.4, 0.5) is 4.39 Å². The van der Waals surface area contributed by atoms with Crippen molar-refractivity contribution < 1.29 is 9.18 Å². The quantitative estimate of drug-likeness (QED) is 0.480. The molecular weight excluding hydrogens is 363 g/mol. The number of nitrogens with zero attached hydrogens (tertiary/aromatic N) is 4. The van der Waals surface area contributed by atoms with Crippen LogP contribution in [0.5, 0.6) is 0 Å². The number of thioether (sulfide) groups is 1. The fourth-order valence-electron chi connectivity index (χ4n) is 2.60. The van der Waals surface area contributed by atoms with Gasteiger partial charge in [0.25, 0.3) is 0 Å². The van der Waals surface area contributed by atoms with Crippen LogP contribution in [-0.4, -0.2) is 31.2 Å². The molecule has 1 aromatic heterocycles. The number of carbonyl (C=O) groups excluding carboxylic acids is 1. The number of halogens is 1. The molecule has 0 bridgehead atoms. The number of benzene rings is 2. The highest BCUT2D eigenvalue weighted by Gasteiger charge is 2.21. The van der Waals surface area contributed by atoms with Crippen LogP contribution >= 0.6 is 11.8 Å². The first-order chi connectivity index (χ1) is 12.8. The number of carbonyl (C=O) groups is 1. The Hall–Kier alpha value is -2.54. The number of hydrogen-bond acceptors (Lipinski definition) is 5. The lowest BCUT2D eigenvalue weighted by atomic mass is 9.86. The number of aromatic nitrogens is 4. The molecule has 0 saturated heterocycles. The van der Waals surface area contributed by atoms with Gasteiger partial charge in [-0.2, -0.15) is 4.68 Å². The molecule has 0 aliphatic rings. The van der Waals surface area contributed by atoms with Crippen LogP contribution < -0.4 is 0 Å². The highest BCUT2D eigenvalue weighted by molar-refractivity contribution is 8.00. The Morgan fingerprint density at radius 1 is 1.15 bits per heavy atom. The van der Waals surface area contributed by atoms with E-state index < -0.39 is 0 Å². The fourth-order valence-corrected chi connectivity index (χ4v) is 3.49. The summed E-state index contributed by atoms with van der Waals surface area (Å²) >= 11 is 1.25. The summed E-state index contributed by atoms with van der Waals surface area (Å²) in [5.41, 5.74) is 2.37. The van der Waals surface area contributed by atoms with E-state index in [-0.39, 0.29) is 22.3 Å². The number of Topliss-reactive ketones (excluding diaryl/α,β-unsaturated/α-hetero) is 1. The number of hydrogen-bond donors (Lipinski definition) is 0. The van der Waals surface area contributed by atoms with Gasteiger partial charge in [-0.1, -0.05) is 62.9 Å². The molecule has 140 valence electrons. The zero-order valence-corrected chi connectivity index (χ0v) is 16.5. The smallest absolute Gasteiger partial charge is 0.214 e. The predicted octanol–water partition coefficient (Wildman–Crippen LogP) is 4.46. The minimum absolute atomic E-state index is 0.00532. The third kappa shape index (κ3) is 4.42. The topological polar surface area (TPSA) is 60.7 Å². The van der Waals surface area contributed by atoms with Crippen molar-refractivity contribution in [1.82, 2.24) is 20.2 Å². The molecule has 0 N–H and O–H groups in total. The van der Waals surface area contributed by atoms with E-state index in [9.17, 15) is 9.18 Å². The summed E-state index contributed by atoms with van der Waals surface area (Å²) in [4.78, 5) is 12.8. The summed E-state index contributed by atoms with van der Waals surface area (Å²) in [7, 11) is 0. The summed E-state index contributed by atoms with van der Waals surface area (Å²) in [6.07, 6.45) is 0. The minimum atomic E-state index is -0.385. The maximum Gasteiger partial charge on any atom is 0.214 e. The van der Waals surface area contributed by atoms with Crippen molar-refractivity contribution in [3.63, 3.8) is 0 Å². The van der Waals surface area contributed by atoms with Crippen molar-refractivity contribution in [2.24, 2.45) is 0 Å². The molecule has 1 heterocycles. The lowest BCUT2D eigenvalue weighted by molar-refractivity contribution is 0.0994. The predicted molar refractivity (Wildman–Crippen MR) is 104 cm³/mol. The second-order valence-corrected chi connectivity index (χ2v) is 8.61. The van der Waals surface area contributed by atoms with Crippen molar-refractivity contribution in [2.75, 3.05) is 0 Å². The minimum Gasteiger partial charge on any atom is -0.293 e. The average Bonchev–Trinajstić information content (AvgIpc) is 3.08. The monoisotopic (exact) mass is 384 g/mol. The van der Waals surface area contributed by atoms with E-state index in [1.165, 1.54) is 34.1 Å². The van der Waals surface area contributed by atoms with E-state index in [1.807, 2.05) is 31.2 Å².